The van der Waals surface area contributed by atoms with E-state index in [4.69, 9.17) is 14.2 Å². The molecule has 0 spiro atoms. The summed E-state index contributed by atoms with van der Waals surface area (Å²) in [7, 11) is 5.13. The third kappa shape index (κ3) is 5.92. The molecular weight excluding hydrogens is 325 g/mol. The van der Waals surface area contributed by atoms with Gasteiger partial charge in [-0.3, -0.25) is 4.90 Å². The molecule has 0 bridgehead atoms. The molecule has 0 heterocycles. The first kappa shape index (κ1) is 19.0. The minimum Gasteiger partial charge on any atom is -0.497 e. The van der Waals surface area contributed by atoms with E-state index in [1.807, 2.05) is 30.1 Å². The molecule has 0 aromatic heterocycles. The summed E-state index contributed by atoms with van der Waals surface area (Å²) < 4.78 is 28.9. The number of hydrogen-bond donors (Lipinski definition) is 1. The summed E-state index contributed by atoms with van der Waals surface area (Å²) in [5.74, 6) is 1.68. The highest BCUT2D eigenvalue weighted by atomic mass is 19.1. The van der Waals surface area contributed by atoms with E-state index in [-0.39, 0.29) is 12.4 Å². The van der Waals surface area contributed by atoms with Gasteiger partial charge in [0.15, 0.2) is 0 Å². The van der Waals surface area contributed by atoms with Crippen molar-refractivity contribution >= 4 is 0 Å². The highest BCUT2D eigenvalue weighted by molar-refractivity contribution is 5.40. The number of ether oxygens (including phenoxy) is 3. The monoisotopic (exact) mass is 349 g/mol. The van der Waals surface area contributed by atoms with Gasteiger partial charge in [0.1, 0.15) is 35.8 Å². The molecule has 2 rings (SSSR count). The van der Waals surface area contributed by atoms with Crippen molar-refractivity contribution in [1.82, 2.24) is 4.90 Å². The van der Waals surface area contributed by atoms with Gasteiger partial charge < -0.3 is 19.3 Å². The first-order chi connectivity index (χ1) is 12.0. The molecule has 5 nitrogen and oxygen atoms in total. The average molecular weight is 349 g/mol. The SMILES string of the molecule is COc1ccc(CN(C)CC(O)COc2ccc(F)cc2)c(OC)c1. The van der Waals surface area contributed by atoms with Crippen molar-refractivity contribution in [3.63, 3.8) is 0 Å². The fraction of sp³-hybridized carbons (Fsp3) is 0.368. The van der Waals surface area contributed by atoms with Crippen LogP contribution in [0.25, 0.3) is 0 Å². The number of benzene rings is 2. The third-order valence-electron chi connectivity index (χ3n) is 3.71. The fourth-order valence-corrected chi connectivity index (χ4v) is 2.47. The molecule has 136 valence electrons. The van der Waals surface area contributed by atoms with Crippen molar-refractivity contribution in [2.45, 2.75) is 12.6 Å². The van der Waals surface area contributed by atoms with Crippen molar-refractivity contribution in [1.29, 1.82) is 0 Å². The third-order valence-corrected chi connectivity index (χ3v) is 3.71. The maximum Gasteiger partial charge on any atom is 0.127 e. The predicted octanol–water partition coefficient (Wildman–Crippen LogP) is 2.71. The van der Waals surface area contributed by atoms with Gasteiger partial charge in [0.25, 0.3) is 0 Å². The van der Waals surface area contributed by atoms with E-state index in [2.05, 4.69) is 0 Å². The Balaban J connectivity index is 1.84. The maximum absolute atomic E-state index is 12.8. The second-order valence-corrected chi connectivity index (χ2v) is 5.79. The van der Waals surface area contributed by atoms with E-state index in [0.29, 0.717) is 18.8 Å². The zero-order valence-corrected chi connectivity index (χ0v) is 14.7. The minimum atomic E-state index is -0.667. The zero-order chi connectivity index (χ0) is 18.2. The van der Waals surface area contributed by atoms with Gasteiger partial charge in [-0.15, -0.1) is 0 Å². The van der Waals surface area contributed by atoms with Gasteiger partial charge in [0.05, 0.1) is 14.2 Å². The Bertz CT molecular complexity index is 663. The molecule has 0 aliphatic carbocycles. The molecule has 6 heteroatoms. The van der Waals surface area contributed by atoms with Gasteiger partial charge in [0.2, 0.25) is 0 Å². The van der Waals surface area contributed by atoms with E-state index >= 15 is 0 Å². The summed E-state index contributed by atoms with van der Waals surface area (Å²) in [6, 6.07) is 11.4. The summed E-state index contributed by atoms with van der Waals surface area (Å²) >= 11 is 0. The molecule has 0 saturated heterocycles. The molecule has 1 unspecified atom stereocenters. The van der Waals surface area contributed by atoms with E-state index in [9.17, 15) is 9.50 Å². The summed E-state index contributed by atoms with van der Waals surface area (Å²) in [5.41, 5.74) is 0.998. The molecule has 2 aromatic carbocycles. The number of nitrogens with zero attached hydrogens (tertiary/aromatic N) is 1. The molecule has 1 N–H and O–H groups in total. The Kier molecular flexibility index (Phi) is 7.03. The molecule has 25 heavy (non-hydrogen) atoms. The van der Waals surface area contributed by atoms with E-state index in [1.54, 1.807) is 14.2 Å². The van der Waals surface area contributed by atoms with E-state index < -0.39 is 6.10 Å². The number of methoxy groups -OCH3 is 2. The molecule has 0 saturated carbocycles. The van der Waals surface area contributed by atoms with Gasteiger partial charge in [-0.25, -0.2) is 4.39 Å². The summed E-state index contributed by atoms with van der Waals surface area (Å²) in [4.78, 5) is 1.98. The molecule has 1 atom stereocenters. The van der Waals surface area contributed by atoms with Crippen molar-refractivity contribution in [3.05, 3.63) is 53.8 Å². The maximum atomic E-state index is 12.8. The van der Waals surface area contributed by atoms with Gasteiger partial charge in [-0.2, -0.15) is 0 Å². The standard InChI is InChI=1S/C19H24FNO4/c1-21(11-14-4-7-18(23-2)10-19(14)24-3)12-16(22)13-25-17-8-5-15(20)6-9-17/h4-10,16,22H,11-13H2,1-3H3. The molecule has 0 fully saturated rings. The molecule has 0 aliphatic rings. The number of aliphatic hydroxyl groups is 1. The minimum absolute atomic E-state index is 0.135. The van der Waals surface area contributed by atoms with Crippen molar-refractivity contribution in [3.8, 4) is 17.2 Å². The zero-order valence-electron chi connectivity index (χ0n) is 14.7. The van der Waals surface area contributed by atoms with Crippen LogP contribution in [0.15, 0.2) is 42.5 Å². The van der Waals surface area contributed by atoms with E-state index in [1.165, 1.54) is 24.3 Å². The molecule has 0 amide bonds. The summed E-state index contributed by atoms with van der Waals surface area (Å²) in [6.45, 7) is 1.17. The Morgan fingerprint density at radius 2 is 1.72 bits per heavy atom. The highest BCUT2D eigenvalue weighted by Crippen LogP contribution is 2.25. The highest BCUT2D eigenvalue weighted by Gasteiger charge is 2.12. The Labute approximate surface area is 147 Å². The lowest BCUT2D eigenvalue weighted by Crippen LogP contribution is -2.32. The van der Waals surface area contributed by atoms with Crippen LogP contribution >= 0.6 is 0 Å². The average Bonchev–Trinajstić information content (AvgIpc) is 2.61. The summed E-state index contributed by atoms with van der Waals surface area (Å²) in [6.07, 6.45) is -0.667. The lowest BCUT2D eigenvalue weighted by molar-refractivity contribution is 0.0741. The molecular formula is C19H24FNO4. The topological polar surface area (TPSA) is 51.2 Å². The number of hydrogen-bond acceptors (Lipinski definition) is 5. The second-order valence-electron chi connectivity index (χ2n) is 5.79. The predicted molar refractivity (Wildman–Crippen MR) is 93.8 cm³/mol. The number of rotatable bonds is 9. The number of likely N-dealkylation sites (N-methyl/N-ethyl adjacent to an activating group) is 1. The van der Waals surface area contributed by atoms with Crippen LogP contribution in [0.4, 0.5) is 4.39 Å². The Hall–Kier alpha value is -2.31. The van der Waals surface area contributed by atoms with Crippen LogP contribution in [0.1, 0.15) is 5.56 Å². The molecule has 0 radical (unpaired) electrons. The Morgan fingerprint density at radius 1 is 1.04 bits per heavy atom. The van der Waals surface area contributed by atoms with Crippen LogP contribution in [0, 0.1) is 5.82 Å². The van der Waals surface area contributed by atoms with Gasteiger partial charge in [-0.1, -0.05) is 6.07 Å². The number of aliphatic hydroxyl groups excluding tert-OH is 1. The molecule has 0 aliphatic heterocycles. The van der Waals surface area contributed by atoms with Gasteiger partial charge >= 0.3 is 0 Å². The Morgan fingerprint density at radius 3 is 2.36 bits per heavy atom. The molecule has 2 aromatic rings. The lowest BCUT2D eigenvalue weighted by Gasteiger charge is -2.22. The second kappa shape index (κ2) is 9.25. The number of halogens is 1. The van der Waals surface area contributed by atoms with Crippen LogP contribution in [-0.2, 0) is 6.54 Å². The van der Waals surface area contributed by atoms with Crippen LogP contribution in [-0.4, -0.2) is 50.5 Å². The first-order valence-electron chi connectivity index (χ1n) is 7.97. The van der Waals surface area contributed by atoms with E-state index in [0.717, 1.165) is 17.1 Å². The van der Waals surface area contributed by atoms with Crippen molar-refractivity contribution in [2.24, 2.45) is 0 Å². The fourth-order valence-electron chi connectivity index (χ4n) is 2.47. The van der Waals surface area contributed by atoms with Crippen LogP contribution < -0.4 is 14.2 Å². The first-order valence-corrected chi connectivity index (χ1v) is 7.97. The van der Waals surface area contributed by atoms with Gasteiger partial charge in [0, 0.05) is 24.7 Å². The largest absolute Gasteiger partial charge is 0.497 e. The summed E-state index contributed by atoms with van der Waals surface area (Å²) in [5, 5.41) is 10.1. The van der Waals surface area contributed by atoms with Crippen LogP contribution in [0.5, 0.6) is 17.2 Å². The lowest BCUT2D eigenvalue weighted by atomic mass is 10.1. The quantitative estimate of drug-likeness (QED) is 0.754. The van der Waals surface area contributed by atoms with Crippen molar-refractivity contribution < 1.29 is 23.7 Å². The van der Waals surface area contributed by atoms with Crippen LogP contribution in [0.3, 0.4) is 0 Å². The van der Waals surface area contributed by atoms with Crippen molar-refractivity contribution in [2.75, 3.05) is 34.4 Å². The smallest absolute Gasteiger partial charge is 0.127 e. The normalized spacial score (nSPS) is 12.1. The van der Waals surface area contributed by atoms with Gasteiger partial charge in [-0.05, 0) is 37.4 Å². The van der Waals surface area contributed by atoms with Crippen LogP contribution in [0.2, 0.25) is 0 Å².